The molecule has 0 spiro atoms. The van der Waals surface area contributed by atoms with Crippen LogP contribution in [0.1, 0.15) is 24.6 Å². The van der Waals surface area contributed by atoms with Gasteiger partial charge in [-0.1, -0.05) is 12.5 Å². The fourth-order valence-corrected chi connectivity index (χ4v) is 3.65. The molecule has 8 nitrogen and oxygen atoms in total. The highest BCUT2D eigenvalue weighted by molar-refractivity contribution is 5.90. The van der Waals surface area contributed by atoms with Crippen LogP contribution in [0.2, 0.25) is 0 Å². The predicted octanol–water partition coefficient (Wildman–Crippen LogP) is 2.47. The van der Waals surface area contributed by atoms with Gasteiger partial charge in [0.1, 0.15) is 30.3 Å². The molecule has 1 unspecified atom stereocenters. The summed E-state index contributed by atoms with van der Waals surface area (Å²) in [6.45, 7) is 4.52. The lowest BCUT2D eigenvalue weighted by molar-refractivity contribution is -0.127. The molecule has 1 amide bonds. The number of anilines is 1. The number of hydrogen-bond acceptors (Lipinski definition) is 6. The van der Waals surface area contributed by atoms with Crippen molar-refractivity contribution in [1.29, 1.82) is 0 Å². The van der Waals surface area contributed by atoms with Gasteiger partial charge in [0.2, 0.25) is 5.91 Å². The van der Waals surface area contributed by atoms with E-state index in [4.69, 9.17) is 10.5 Å². The van der Waals surface area contributed by atoms with E-state index in [1.54, 1.807) is 9.58 Å². The summed E-state index contributed by atoms with van der Waals surface area (Å²) >= 11 is 0. The normalized spacial score (nSPS) is 15.8. The van der Waals surface area contributed by atoms with Crippen LogP contribution in [0.4, 0.5) is 14.6 Å². The quantitative estimate of drug-likeness (QED) is 0.496. The first kappa shape index (κ1) is 21.2. The average molecular weight is 438 g/mol. The number of halogens is 2. The molecule has 3 heterocycles. The molecule has 2 aromatic heterocycles. The zero-order valence-corrected chi connectivity index (χ0v) is 17.1. The maximum atomic E-state index is 13.7. The van der Waals surface area contributed by atoms with Gasteiger partial charge in [0.05, 0.1) is 11.4 Å². The van der Waals surface area contributed by atoms with Crippen LogP contribution in [-0.4, -0.2) is 50.3 Å². The van der Waals surface area contributed by atoms with Crippen molar-refractivity contribution in [2.75, 3.05) is 25.4 Å². The van der Waals surface area contributed by atoms with Gasteiger partial charge < -0.3 is 15.4 Å². The molecule has 10 heteroatoms. The molecular formula is C22H20F2N6O2. The molecule has 1 atom stereocenters. The number of likely N-dealkylation sites (tertiary alicyclic amines) is 1. The third-order valence-electron chi connectivity index (χ3n) is 5.15. The topological polar surface area (TPSA) is 99.2 Å². The van der Waals surface area contributed by atoms with Crippen molar-refractivity contribution in [1.82, 2.24) is 24.6 Å². The summed E-state index contributed by atoms with van der Waals surface area (Å²) in [5.41, 5.74) is 6.93. The number of amides is 1. The summed E-state index contributed by atoms with van der Waals surface area (Å²) in [5, 5.41) is 5.08. The number of hydrogen-bond donors (Lipinski definition) is 1. The van der Waals surface area contributed by atoms with E-state index in [1.165, 1.54) is 18.5 Å². The highest BCUT2D eigenvalue weighted by atomic mass is 19.1. The number of carbonyl (C=O) groups excluding carboxylic acids is 1. The van der Waals surface area contributed by atoms with Crippen LogP contribution in [0.15, 0.2) is 37.2 Å². The second-order valence-electron chi connectivity index (χ2n) is 7.20. The Morgan fingerprint density at radius 2 is 2.22 bits per heavy atom. The van der Waals surface area contributed by atoms with Crippen LogP contribution >= 0.6 is 0 Å². The molecule has 2 N–H and O–H groups in total. The van der Waals surface area contributed by atoms with E-state index in [9.17, 15) is 13.6 Å². The molecule has 0 bridgehead atoms. The van der Waals surface area contributed by atoms with Crippen LogP contribution in [-0.2, 0) is 4.79 Å². The van der Waals surface area contributed by atoms with Crippen molar-refractivity contribution in [3.8, 4) is 17.6 Å². The molecular weight excluding hydrogens is 418 g/mol. The van der Waals surface area contributed by atoms with Crippen LogP contribution in [0.5, 0.6) is 5.75 Å². The molecule has 164 valence electrons. The molecule has 1 aromatic carbocycles. The summed E-state index contributed by atoms with van der Waals surface area (Å²) in [6.07, 6.45) is 4.26. The average Bonchev–Trinajstić information content (AvgIpc) is 3.17. The van der Waals surface area contributed by atoms with Crippen LogP contribution in [0.25, 0.3) is 11.0 Å². The minimum absolute atomic E-state index is 0.104. The number of nitrogens with two attached hydrogens (primary N) is 1. The number of fused-ring (bicyclic) bond motifs is 1. The van der Waals surface area contributed by atoms with Crippen molar-refractivity contribution in [3.05, 3.63) is 54.5 Å². The Morgan fingerprint density at radius 3 is 3.00 bits per heavy atom. The number of piperidine rings is 1. The van der Waals surface area contributed by atoms with E-state index in [1.807, 2.05) is 0 Å². The van der Waals surface area contributed by atoms with Crippen molar-refractivity contribution < 1.29 is 18.3 Å². The lowest BCUT2D eigenvalue weighted by Crippen LogP contribution is -2.40. The minimum atomic E-state index is -0.810. The molecule has 1 fully saturated rings. The number of nitrogen functional groups attached to an aromatic ring is 1. The Morgan fingerprint density at radius 1 is 1.38 bits per heavy atom. The smallest absolute Gasteiger partial charge is 0.246 e. The highest BCUT2D eigenvalue weighted by Crippen LogP contribution is 2.28. The van der Waals surface area contributed by atoms with E-state index in [2.05, 4.69) is 33.5 Å². The Bertz CT molecular complexity index is 1250. The Labute approximate surface area is 182 Å². The Kier molecular flexibility index (Phi) is 5.98. The fourth-order valence-electron chi connectivity index (χ4n) is 3.65. The molecule has 1 aliphatic rings. The third kappa shape index (κ3) is 4.23. The van der Waals surface area contributed by atoms with Gasteiger partial charge in [-0.25, -0.2) is 23.4 Å². The number of carbonyl (C=O) groups is 1. The van der Waals surface area contributed by atoms with Crippen molar-refractivity contribution in [3.63, 3.8) is 0 Å². The van der Waals surface area contributed by atoms with E-state index in [-0.39, 0.29) is 30.1 Å². The first-order valence-corrected chi connectivity index (χ1v) is 9.94. The Balaban J connectivity index is 1.60. The van der Waals surface area contributed by atoms with E-state index in [0.29, 0.717) is 29.8 Å². The largest absolute Gasteiger partial charge is 0.478 e. The first-order chi connectivity index (χ1) is 15.5. The van der Waals surface area contributed by atoms with Crippen molar-refractivity contribution in [2.24, 2.45) is 0 Å². The second-order valence-corrected chi connectivity index (χ2v) is 7.20. The summed E-state index contributed by atoms with van der Waals surface area (Å²) < 4.78 is 33.7. The maximum Gasteiger partial charge on any atom is 0.246 e. The second kappa shape index (κ2) is 9.01. The van der Waals surface area contributed by atoms with Gasteiger partial charge in [-0.3, -0.25) is 4.79 Å². The molecule has 0 radical (unpaired) electrons. The standard InChI is InChI=1S/C22H20F2N6O2/c1-2-19(31)29-9-3-5-15(12-29)30-22-20(21(25)26-13-27-22)17(28-30)6-4-10-32-18-8-7-14(23)11-16(18)24/h2,7-8,11,13,15H,1,3,5,9-10,12H2,(H2,25,26,27). The molecule has 1 saturated heterocycles. The third-order valence-corrected chi connectivity index (χ3v) is 5.15. The van der Waals surface area contributed by atoms with E-state index < -0.39 is 11.6 Å². The van der Waals surface area contributed by atoms with E-state index >= 15 is 0 Å². The number of ether oxygens (including phenoxy) is 1. The number of nitrogens with zero attached hydrogens (tertiary/aromatic N) is 5. The van der Waals surface area contributed by atoms with Gasteiger partial charge in [-0.2, -0.15) is 5.10 Å². The van der Waals surface area contributed by atoms with E-state index in [0.717, 1.165) is 25.0 Å². The van der Waals surface area contributed by atoms with Gasteiger partial charge in [-0.15, -0.1) is 0 Å². The molecule has 4 rings (SSSR count). The minimum Gasteiger partial charge on any atom is -0.478 e. The SMILES string of the molecule is C=CC(=O)N1CCCC(n2nc(C#CCOc3ccc(F)cc3F)c3c(N)ncnc32)C1. The summed E-state index contributed by atoms with van der Waals surface area (Å²) in [6, 6.07) is 2.93. The molecule has 0 saturated carbocycles. The summed E-state index contributed by atoms with van der Waals surface area (Å²) in [4.78, 5) is 22.1. The number of rotatable bonds is 4. The number of benzene rings is 1. The molecule has 0 aliphatic carbocycles. The van der Waals surface area contributed by atoms with Gasteiger partial charge in [0.15, 0.2) is 17.2 Å². The summed E-state index contributed by atoms with van der Waals surface area (Å²) in [5.74, 6) is 4.13. The first-order valence-electron chi connectivity index (χ1n) is 9.94. The number of aromatic nitrogens is 4. The Hall–Kier alpha value is -4.00. The molecule has 32 heavy (non-hydrogen) atoms. The van der Waals surface area contributed by atoms with Gasteiger partial charge in [-0.05, 0) is 37.0 Å². The van der Waals surface area contributed by atoms with Gasteiger partial charge >= 0.3 is 0 Å². The maximum absolute atomic E-state index is 13.7. The zero-order valence-electron chi connectivity index (χ0n) is 17.1. The van der Waals surface area contributed by atoms with Crippen LogP contribution in [0.3, 0.4) is 0 Å². The monoisotopic (exact) mass is 438 g/mol. The van der Waals surface area contributed by atoms with Gasteiger partial charge in [0, 0.05) is 19.2 Å². The zero-order chi connectivity index (χ0) is 22.7. The van der Waals surface area contributed by atoms with Crippen molar-refractivity contribution in [2.45, 2.75) is 18.9 Å². The van der Waals surface area contributed by atoms with Crippen molar-refractivity contribution >= 4 is 22.8 Å². The van der Waals surface area contributed by atoms with Crippen LogP contribution < -0.4 is 10.5 Å². The van der Waals surface area contributed by atoms with Crippen LogP contribution in [0, 0.1) is 23.5 Å². The lowest BCUT2D eigenvalue weighted by Gasteiger charge is -2.32. The summed E-state index contributed by atoms with van der Waals surface area (Å²) in [7, 11) is 0. The molecule has 1 aliphatic heterocycles. The fraction of sp³-hybridized carbons (Fsp3) is 0.273. The lowest BCUT2D eigenvalue weighted by atomic mass is 10.1. The predicted molar refractivity (Wildman–Crippen MR) is 114 cm³/mol. The highest BCUT2D eigenvalue weighted by Gasteiger charge is 2.27. The molecule has 3 aromatic rings. The van der Waals surface area contributed by atoms with Gasteiger partial charge in [0.25, 0.3) is 0 Å².